The molecule has 0 radical (unpaired) electrons. The maximum absolute atomic E-state index is 5.56. The van der Waals surface area contributed by atoms with Gasteiger partial charge in [0.2, 0.25) is 0 Å². The highest BCUT2D eigenvalue weighted by Gasteiger charge is 2.29. The number of anilines is 1. The van der Waals surface area contributed by atoms with E-state index in [2.05, 4.69) is 22.0 Å². The SMILES string of the molecule is Cc1cccc(N(CCCN)C2CC2)n1. The van der Waals surface area contributed by atoms with E-state index < -0.39 is 0 Å². The van der Waals surface area contributed by atoms with Crippen molar-refractivity contribution < 1.29 is 0 Å². The summed E-state index contributed by atoms with van der Waals surface area (Å²) in [6, 6.07) is 6.93. The third-order valence-corrected chi connectivity index (χ3v) is 2.76. The minimum absolute atomic E-state index is 0.714. The fraction of sp³-hybridized carbons (Fsp3) is 0.583. The van der Waals surface area contributed by atoms with Crippen molar-refractivity contribution in [3.63, 3.8) is 0 Å². The molecule has 3 nitrogen and oxygen atoms in total. The maximum atomic E-state index is 5.56. The average molecular weight is 205 g/mol. The molecule has 0 bridgehead atoms. The maximum Gasteiger partial charge on any atom is 0.129 e. The van der Waals surface area contributed by atoms with E-state index >= 15 is 0 Å². The largest absolute Gasteiger partial charge is 0.354 e. The van der Waals surface area contributed by atoms with Gasteiger partial charge in [-0.05, 0) is 44.9 Å². The second kappa shape index (κ2) is 4.62. The quantitative estimate of drug-likeness (QED) is 0.795. The Balaban J connectivity index is 2.09. The van der Waals surface area contributed by atoms with Crippen LogP contribution in [0.2, 0.25) is 0 Å². The molecule has 0 saturated heterocycles. The van der Waals surface area contributed by atoms with Crippen LogP contribution in [0.15, 0.2) is 18.2 Å². The molecule has 0 amide bonds. The summed E-state index contributed by atoms with van der Waals surface area (Å²) >= 11 is 0. The zero-order chi connectivity index (χ0) is 10.7. The normalized spacial score (nSPS) is 15.3. The number of aromatic nitrogens is 1. The first-order valence-electron chi connectivity index (χ1n) is 5.71. The predicted octanol–water partition coefficient (Wildman–Crippen LogP) is 1.71. The second-order valence-corrected chi connectivity index (χ2v) is 4.20. The molecule has 1 aromatic heterocycles. The zero-order valence-electron chi connectivity index (χ0n) is 9.32. The summed E-state index contributed by atoms with van der Waals surface area (Å²) < 4.78 is 0. The van der Waals surface area contributed by atoms with Gasteiger partial charge in [-0.1, -0.05) is 6.07 Å². The highest BCUT2D eigenvalue weighted by Crippen LogP contribution is 2.30. The Hall–Kier alpha value is -1.09. The smallest absolute Gasteiger partial charge is 0.129 e. The molecule has 3 heteroatoms. The van der Waals surface area contributed by atoms with E-state index in [9.17, 15) is 0 Å². The van der Waals surface area contributed by atoms with Crippen molar-refractivity contribution in [1.82, 2.24) is 4.98 Å². The fourth-order valence-electron chi connectivity index (χ4n) is 1.82. The zero-order valence-corrected chi connectivity index (χ0v) is 9.32. The van der Waals surface area contributed by atoms with Crippen LogP contribution < -0.4 is 10.6 Å². The molecule has 1 heterocycles. The van der Waals surface area contributed by atoms with Crippen LogP contribution in [-0.4, -0.2) is 24.1 Å². The van der Waals surface area contributed by atoms with Gasteiger partial charge in [-0.2, -0.15) is 0 Å². The topological polar surface area (TPSA) is 42.1 Å². The van der Waals surface area contributed by atoms with Gasteiger partial charge < -0.3 is 10.6 Å². The van der Waals surface area contributed by atoms with E-state index in [0.717, 1.165) is 31.0 Å². The molecule has 15 heavy (non-hydrogen) atoms. The van der Waals surface area contributed by atoms with Crippen LogP contribution >= 0.6 is 0 Å². The standard InChI is InChI=1S/C12H19N3/c1-10-4-2-5-12(14-10)15(9-3-8-13)11-6-7-11/h2,4-5,11H,3,6-9,13H2,1H3. The van der Waals surface area contributed by atoms with E-state index in [0.29, 0.717) is 6.04 Å². The number of nitrogens with two attached hydrogens (primary N) is 1. The summed E-state index contributed by atoms with van der Waals surface area (Å²) in [6.07, 6.45) is 3.66. The Labute approximate surface area is 91.3 Å². The van der Waals surface area contributed by atoms with Gasteiger partial charge in [0, 0.05) is 18.3 Å². The van der Waals surface area contributed by atoms with Crippen LogP contribution in [0.25, 0.3) is 0 Å². The first-order chi connectivity index (χ1) is 7.31. The van der Waals surface area contributed by atoms with Crippen LogP contribution in [0.5, 0.6) is 0 Å². The van der Waals surface area contributed by atoms with Crippen LogP contribution in [0.1, 0.15) is 25.0 Å². The highest BCUT2D eigenvalue weighted by atomic mass is 15.2. The molecule has 2 N–H and O–H groups in total. The van der Waals surface area contributed by atoms with Gasteiger partial charge >= 0.3 is 0 Å². The molecule has 1 saturated carbocycles. The van der Waals surface area contributed by atoms with Gasteiger partial charge in [0.25, 0.3) is 0 Å². The van der Waals surface area contributed by atoms with Crippen molar-refractivity contribution in [1.29, 1.82) is 0 Å². The molecular formula is C12H19N3. The number of hydrogen-bond acceptors (Lipinski definition) is 3. The third kappa shape index (κ3) is 2.69. The molecule has 1 aromatic rings. The number of aryl methyl sites for hydroxylation is 1. The molecule has 1 aliphatic rings. The molecule has 0 aliphatic heterocycles. The number of pyridine rings is 1. The molecule has 2 rings (SSSR count). The van der Waals surface area contributed by atoms with Gasteiger partial charge in [-0.25, -0.2) is 4.98 Å². The van der Waals surface area contributed by atoms with E-state index in [4.69, 9.17) is 5.73 Å². The van der Waals surface area contributed by atoms with Gasteiger partial charge in [0.05, 0.1) is 0 Å². The summed E-state index contributed by atoms with van der Waals surface area (Å²) in [5, 5.41) is 0. The lowest BCUT2D eigenvalue weighted by atomic mass is 10.3. The second-order valence-electron chi connectivity index (χ2n) is 4.20. The van der Waals surface area contributed by atoms with Crippen molar-refractivity contribution >= 4 is 5.82 Å². The van der Waals surface area contributed by atoms with E-state index in [1.54, 1.807) is 0 Å². The minimum Gasteiger partial charge on any atom is -0.354 e. The summed E-state index contributed by atoms with van der Waals surface area (Å²) in [6.45, 7) is 3.84. The number of rotatable bonds is 5. The van der Waals surface area contributed by atoms with Gasteiger partial charge in [0.15, 0.2) is 0 Å². The van der Waals surface area contributed by atoms with Crippen molar-refractivity contribution in [2.45, 2.75) is 32.2 Å². The Bertz CT molecular complexity index is 320. The van der Waals surface area contributed by atoms with Gasteiger partial charge in [0.1, 0.15) is 5.82 Å². The van der Waals surface area contributed by atoms with Crippen molar-refractivity contribution in [2.24, 2.45) is 5.73 Å². The number of hydrogen-bond donors (Lipinski definition) is 1. The molecule has 82 valence electrons. The van der Waals surface area contributed by atoms with Crippen molar-refractivity contribution in [3.05, 3.63) is 23.9 Å². The fourth-order valence-corrected chi connectivity index (χ4v) is 1.82. The first kappa shape index (κ1) is 10.4. The van der Waals surface area contributed by atoms with Crippen LogP contribution in [0, 0.1) is 6.92 Å². The van der Waals surface area contributed by atoms with E-state index in [1.807, 2.05) is 13.0 Å². The summed E-state index contributed by atoms with van der Waals surface area (Å²) in [5.41, 5.74) is 6.65. The molecule has 1 fully saturated rings. The van der Waals surface area contributed by atoms with Crippen LogP contribution in [-0.2, 0) is 0 Å². The Kier molecular flexibility index (Phi) is 3.21. The highest BCUT2D eigenvalue weighted by molar-refractivity contribution is 5.42. The van der Waals surface area contributed by atoms with Crippen LogP contribution in [0.4, 0.5) is 5.82 Å². The molecule has 0 atom stereocenters. The average Bonchev–Trinajstić information content (AvgIpc) is 3.03. The van der Waals surface area contributed by atoms with E-state index in [1.165, 1.54) is 12.8 Å². The summed E-state index contributed by atoms with van der Waals surface area (Å²) in [7, 11) is 0. The lowest BCUT2D eigenvalue weighted by molar-refractivity contribution is 0.721. The number of nitrogens with zero attached hydrogens (tertiary/aromatic N) is 2. The summed E-state index contributed by atoms with van der Waals surface area (Å²) in [4.78, 5) is 6.98. The predicted molar refractivity (Wildman–Crippen MR) is 63.0 cm³/mol. The third-order valence-electron chi connectivity index (χ3n) is 2.76. The Morgan fingerprint density at radius 2 is 2.27 bits per heavy atom. The lowest BCUT2D eigenvalue weighted by Crippen LogP contribution is -2.29. The van der Waals surface area contributed by atoms with Crippen molar-refractivity contribution in [2.75, 3.05) is 18.0 Å². The summed E-state index contributed by atoms with van der Waals surface area (Å²) in [5.74, 6) is 1.12. The van der Waals surface area contributed by atoms with E-state index in [-0.39, 0.29) is 0 Å². The molecule has 0 unspecified atom stereocenters. The minimum atomic E-state index is 0.714. The Morgan fingerprint density at radius 1 is 1.47 bits per heavy atom. The van der Waals surface area contributed by atoms with Crippen LogP contribution in [0.3, 0.4) is 0 Å². The molecular weight excluding hydrogens is 186 g/mol. The lowest BCUT2D eigenvalue weighted by Gasteiger charge is -2.23. The molecule has 1 aliphatic carbocycles. The molecule has 0 aromatic carbocycles. The van der Waals surface area contributed by atoms with Gasteiger partial charge in [-0.15, -0.1) is 0 Å². The molecule has 0 spiro atoms. The monoisotopic (exact) mass is 205 g/mol. The Morgan fingerprint density at radius 3 is 2.87 bits per heavy atom. The first-order valence-corrected chi connectivity index (χ1v) is 5.71. The van der Waals surface area contributed by atoms with Crippen molar-refractivity contribution in [3.8, 4) is 0 Å². The van der Waals surface area contributed by atoms with Gasteiger partial charge in [-0.3, -0.25) is 0 Å².